The van der Waals surface area contributed by atoms with E-state index >= 15 is 0 Å². The summed E-state index contributed by atoms with van der Waals surface area (Å²) in [6.07, 6.45) is 0.656. The molecule has 0 heterocycles. The number of rotatable bonds is 4. The molecule has 1 aromatic rings. The summed E-state index contributed by atoms with van der Waals surface area (Å²) >= 11 is 12.0. The molecule has 0 spiro atoms. The van der Waals surface area contributed by atoms with Crippen LogP contribution in [0.4, 0.5) is 5.69 Å². The lowest BCUT2D eigenvalue weighted by Gasteiger charge is -2.33. The minimum absolute atomic E-state index is 0.0130. The molecular formula is C14H22Cl2N2O2S. The Morgan fingerprint density at radius 2 is 1.52 bits per heavy atom. The van der Waals surface area contributed by atoms with Crippen LogP contribution in [0.25, 0.3) is 0 Å². The van der Waals surface area contributed by atoms with Gasteiger partial charge in [-0.2, -0.15) is 0 Å². The lowest BCUT2D eigenvalue weighted by molar-refractivity contribution is 0.269. The van der Waals surface area contributed by atoms with Gasteiger partial charge in [-0.15, -0.1) is 0 Å². The molecule has 0 aliphatic carbocycles. The second-order valence-electron chi connectivity index (χ2n) is 7.04. The van der Waals surface area contributed by atoms with E-state index in [1.165, 1.54) is 12.1 Å². The second-order valence-corrected chi connectivity index (χ2v) is 9.47. The average Bonchev–Trinajstić information content (AvgIpc) is 2.06. The number of nitrogens with one attached hydrogen (secondary N) is 1. The summed E-state index contributed by atoms with van der Waals surface area (Å²) in [6.45, 7) is 9.80. The lowest BCUT2D eigenvalue weighted by Crippen LogP contribution is -2.45. The van der Waals surface area contributed by atoms with Crippen molar-refractivity contribution in [1.29, 1.82) is 0 Å². The van der Waals surface area contributed by atoms with E-state index in [2.05, 4.69) is 4.72 Å². The van der Waals surface area contributed by atoms with Crippen LogP contribution in [0.15, 0.2) is 17.0 Å². The van der Waals surface area contributed by atoms with Crippen molar-refractivity contribution in [2.75, 3.05) is 5.73 Å². The predicted octanol–water partition coefficient (Wildman–Crippen LogP) is 4.07. The van der Waals surface area contributed by atoms with E-state index in [4.69, 9.17) is 28.9 Å². The summed E-state index contributed by atoms with van der Waals surface area (Å²) in [5, 5.41) is 0.0260. The maximum Gasteiger partial charge on any atom is 0.244 e. The summed E-state index contributed by atoms with van der Waals surface area (Å²) in [5.74, 6) is 0. The van der Waals surface area contributed by atoms with Crippen LogP contribution in [0.5, 0.6) is 0 Å². The number of hydrogen-bond donors (Lipinski definition) is 2. The van der Waals surface area contributed by atoms with Crippen molar-refractivity contribution < 1.29 is 8.42 Å². The number of hydrogen-bond acceptors (Lipinski definition) is 3. The number of benzene rings is 1. The molecule has 0 unspecified atom stereocenters. The number of nitrogen functional groups attached to an aromatic ring is 1. The van der Waals surface area contributed by atoms with Gasteiger partial charge in [0.05, 0.1) is 10.0 Å². The normalized spacial score (nSPS) is 13.5. The quantitative estimate of drug-likeness (QED) is 0.802. The molecule has 0 aliphatic heterocycles. The van der Waals surface area contributed by atoms with Crippen molar-refractivity contribution in [1.82, 2.24) is 4.72 Å². The first-order valence-electron chi connectivity index (χ1n) is 6.52. The van der Waals surface area contributed by atoms with Gasteiger partial charge in [0, 0.05) is 11.2 Å². The number of halogens is 2. The summed E-state index contributed by atoms with van der Waals surface area (Å²) in [5.41, 5.74) is 5.25. The summed E-state index contributed by atoms with van der Waals surface area (Å²) in [4.78, 5) is -0.137. The van der Waals surface area contributed by atoms with Crippen molar-refractivity contribution in [2.45, 2.75) is 51.5 Å². The highest BCUT2D eigenvalue weighted by Crippen LogP contribution is 2.34. The van der Waals surface area contributed by atoms with Gasteiger partial charge >= 0.3 is 0 Å². The van der Waals surface area contributed by atoms with E-state index in [1.807, 2.05) is 34.6 Å². The minimum atomic E-state index is -3.84. The minimum Gasteiger partial charge on any atom is -0.399 e. The van der Waals surface area contributed by atoms with E-state index in [-0.39, 0.29) is 20.4 Å². The Kier molecular flexibility index (Phi) is 5.26. The van der Waals surface area contributed by atoms with Crippen molar-refractivity contribution in [3.63, 3.8) is 0 Å². The van der Waals surface area contributed by atoms with Crippen LogP contribution in [0.3, 0.4) is 0 Å². The van der Waals surface area contributed by atoms with E-state index in [1.54, 1.807) is 0 Å². The van der Waals surface area contributed by atoms with Gasteiger partial charge in [0.2, 0.25) is 10.0 Å². The van der Waals surface area contributed by atoms with Crippen LogP contribution in [0, 0.1) is 5.41 Å². The topological polar surface area (TPSA) is 72.2 Å². The van der Waals surface area contributed by atoms with Gasteiger partial charge in [-0.05, 0) is 37.8 Å². The molecule has 0 radical (unpaired) electrons. The van der Waals surface area contributed by atoms with Crippen LogP contribution in [-0.2, 0) is 10.0 Å². The van der Waals surface area contributed by atoms with E-state index < -0.39 is 15.6 Å². The monoisotopic (exact) mass is 352 g/mol. The van der Waals surface area contributed by atoms with Crippen LogP contribution >= 0.6 is 23.2 Å². The molecule has 0 aliphatic rings. The highest BCUT2D eigenvalue weighted by Gasteiger charge is 2.32. The Morgan fingerprint density at radius 1 is 1.10 bits per heavy atom. The maximum atomic E-state index is 12.6. The SMILES string of the molecule is CC(C)(C)CC(C)(C)NS(=O)(=O)c1c(Cl)cc(N)cc1Cl. The zero-order chi connectivity index (χ0) is 16.6. The van der Waals surface area contributed by atoms with Crippen LogP contribution < -0.4 is 10.5 Å². The number of sulfonamides is 1. The van der Waals surface area contributed by atoms with Crippen molar-refractivity contribution >= 4 is 38.9 Å². The Hall–Kier alpha value is -0.490. The van der Waals surface area contributed by atoms with Gasteiger partial charge in [-0.3, -0.25) is 0 Å². The smallest absolute Gasteiger partial charge is 0.244 e. The molecule has 1 rings (SSSR count). The third-order valence-corrected chi connectivity index (χ3v) is 5.29. The summed E-state index contributed by atoms with van der Waals surface area (Å²) < 4.78 is 27.8. The Morgan fingerprint density at radius 3 is 1.90 bits per heavy atom. The van der Waals surface area contributed by atoms with Crippen molar-refractivity contribution in [2.24, 2.45) is 5.41 Å². The first kappa shape index (κ1) is 18.6. The molecule has 0 atom stereocenters. The Labute approximate surface area is 137 Å². The first-order valence-corrected chi connectivity index (χ1v) is 8.76. The molecule has 3 N–H and O–H groups in total. The van der Waals surface area contributed by atoms with Crippen molar-refractivity contribution in [3.05, 3.63) is 22.2 Å². The molecule has 0 amide bonds. The van der Waals surface area contributed by atoms with E-state index in [9.17, 15) is 8.42 Å². The molecule has 7 heteroatoms. The molecule has 0 fully saturated rings. The largest absolute Gasteiger partial charge is 0.399 e. The van der Waals surface area contributed by atoms with Crippen LogP contribution in [-0.4, -0.2) is 14.0 Å². The zero-order valence-corrected chi connectivity index (χ0v) is 15.2. The fraction of sp³-hybridized carbons (Fsp3) is 0.571. The van der Waals surface area contributed by atoms with Gasteiger partial charge in [0.15, 0.2) is 0 Å². The summed E-state index contributed by atoms with van der Waals surface area (Å²) in [6, 6.07) is 2.75. The lowest BCUT2D eigenvalue weighted by atomic mass is 9.82. The maximum absolute atomic E-state index is 12.6. The number of anilines is 1. The van der Waals surface area contributed by atoms with Crippen molar-refractivity contribution in [3.8, 4) is 0 Å². The molecule has 0 saturated carbocycles. The first-order chi connectivity index (χ1) is 9.23. The molecule has 1 aromatic carbocycles. The second kappa shape index (κ2) is 5.95. The molecule has 0 aromatic heterocycles. The van der Waals surface area contributed by atoms with Gasteiger partial charge in [-0.25, -0.2) is 13.1 Å². The highest BCUT2D eigenvalue weighted by atomic mass is 35.5. The van der Waals surface area contributed by atoms with Gasteiger partial charge in [0.1, 0.15) is 4.90 Å². The highest BCUT2D eigenvalue weighted by molar-refractivity contribution is 7.89. The third kappa shape index (κ3) is 5.33. The van der Waals surface area contributed by atoms with E-state index in [0.717, 1.165) is 0 Å². The predicted molar refractivity (Wildman–Crippen MR) is 89.3 cm³/mol. The van der Waals surface area contributed by atoms with Crippen LogP contribution in [0.1, 0.15) is 41.0 Å². The fourth-order valence-electron chi connectivity index (χ4n) is 2.61. The Bertz CT molecular complexity index is 612. The third-order valence-electron chi connectivity index (χ3n) is 2.67. The molecule has 0 bridgehead atoms. The fourth-order valence-corrected chi connectivity index (χ4v) is 5.26. The summed E-state index contributed by atoms with van der Waals surface area (Å²) in [7, 11) is -3.84. The average molecular weight is 353 g/mol. The zero-order valence-electron chi connectivity index (χ0n) is 12.9. The van der Waals surface area contributed by atoms with Crippen LogP contribution in [0.2, 0.25) is 10.0 Å². The van der Waals surface area contributed by atoms with Gasteiger partial charge in [-0.1, -0.05) is 44.0 Å². The molecule has 0 saturated heterocycles. The van der Waals surface area contributed by atoms with Gasteiger partial charge in [0.25, 0.3) is 0 Å². The molecular weight excluding hydrogens is 331 g/mol. The molecule has 21 heavy (non-hydrogen) atoms. The Balaban J connectivity index is 3.19. The standard InChI is InChI=1S/C14H22Cl2N2O2S/c1-13(2,3)8-14(4,5)18-21(19,20)12-10(15)6-9(17)7-11(12)16/h6-7,18H,8,17H2,1-5H3. The molecule has 120 valence electrons. The number of nitrogens with two attached hydrogens (primary N) is 1. The molecule has 4 nitrogen and oxygen atoms in total. The van der Waals surface area contributed by atoms with Gasteiger partial charge < -0.3 is 5.73 Å². The van der Waals surface area contributed by atoms with E-state index in [0.29, 0.717) is 12.1 Å².